The maximum absolute atomic E-state index is 11.7. The van der Waals surface area contributed by atoms with Gasteiger partial charge in [-0.25, -0.2) is 4.79 Å². The fourth-order valence-corrected chi connectivity index (χ4v) is 1.72. The van der Waals surface area contributed by atoms with Crippen LogP contribution in [0.2, 0.25) is 5.02 Å². The van der Waals surface area contributed by atoms with Crippen molar-refractivity contribution in [1.29, 1.82) is 0 Å². The van der Waals surface area contributed by atoms with E-state index in [2.05, 4.69) is 22.5 Å². The van der Waals surface area contributed by atoms with Crippen molar-refractivity contribution in [3.63, 3.8) is 0 Å². The summed E-state index contributed by atoms with van der Waals surface area (Å²) in [5, 5.41) is 5.60. The van der Waals surface area contributed by atoms with Gasteiger partial charge >= 0.3 is 6.03 Å². The lowest BCUT2D eigenvalue weighted by molar-refractivity contribution is 0.256. The molecule has 4 N–H and O–H groups in total. The molecule has 1 aromatic carbocycles. The summed E-state index contributed by atoms with van der Waals surface area (Å²) in [7, 11) is 0. The molecule has 0 bridgehead atoms. The van der Waals surface area contributed by atoms with Gasteiger partial charge in [0, 0.05) is 6.54 Å². The number of guanidine groups is 1. The van der Waals surface area contributed by atoms with Crippen LogP contribution in [-0.2, 0) is 0 Å². The summed E-state index contributed by atoms with van der Waals surface area (Å²) >= 11 is 6.01. The number of nitrogens with zero attached hydrogens (tertiary/aromatic N) is 1. The van der Waals surface area contributed by atoms with E-state index in [1.165, 1.54) is 0 Å². The zero-order valence-corrected chi connectivity index (χ0v) is 11.9. The molecule has 6 heteroatoms. The Morgan fingerprint density at radius 3 is 2.84 bits per heavy atom. The summed E-state index contributed by atoms with van der Waals surface area (Å²) < 4.78 is 0. The number of benzene rings is 1. The van der Waals surface area contributed by atoms with E-state index in [4.69, 9.17) is 17.3 Å². The molecule has 0 heterocycles. The molecule has 0 spiro atoms. The molecule has 0 aromatic heterocycles. The maximum atomic E-state index is 11.7. The molecule has 0 aliphatic carbocycles. The fraction of sp³-hybridized carbons (Fsp3) is 0.385. The van der Waals surface area contributed by atoms with Gasteiger partial charge in [0.05, 0.1) is 10.7 Å². The highest BCUT2D eigenvalue weighted by atomic mass is 35.5. The topological polar surface area (TPSA) is 79.5 Å². The number of nitrogens with one attached hydrogen (secondary N) is 2. The number of amides is 2. The Labute approximate surface area is 118 Å². The van der Waals surface area contributed by atoms with Crippen LogP contribution < -0.4 is 16.4 Å². The van der Waals surface area contributed by atoms with Crippen LogP contribution in [0.15, 0.2) is 23.2 Å². The average Bonchev–Trinajstić information content (AvgIpc) is 2.34. The van der Waals surface area contributed by atoms with Crippen molar-refractivity contribution >= 4 is 29.3 Å². The second-order valence-corrected chi connectivity index (χ2v) is 4.54. The van der Waals surface area contributed by atoms with E-state index >= 15 is 0 Å². The van der Waals surface area contributed by atoms with Crippen molar-refractivity contribution in [3.05, 3.63) is 28.8 Å². The first kappa shape index (κ1) is 15.3. The number of carbonyl (C=O) groups excluding carboxylic acids is 1. The molecule has 1 rings (SSSR count). The van der Waals surface area contributed by atoms with Gasteiger partial charge in [0.15, 0.2) is 5.96 Å². The van der Waals surface area contributed by atoms with E-state index in [1.807, 2.05) is 19.1 Å². The highest BCUT2D eigenvalue weighted by molar-refractivity contribution is 6.34. The summed E-state index contributed by atoms with van der Waals surface area (Å²) in [6.07, 6.45) is 1.97. The first-order valence-corrected chi connectivity index (χ1v) is 6.55. The molecular weight excluding hydrogens is 264 g/mol. The third kappa shape index (κ3) is 5.18. The molecule has 0 saturated heterocycles. The van der Waals surface area contributed by atoms with Gasteiger partial charge in [-0.05, 0) is 25.0 Å². The van der Waals surface area contributed by atoms with Crippen LogP contribution in [0.5, 0.6) is 0 Å². The molecule has 0 aliphatic rings. The number of hydrogen-bond donors (Lipinski definition) is 3. The van der Waals surface area contributed by atoms with Gasteiger partial charge in [-0.1, -0.05) is 37.1 Å². The second kappa shape index (κ2) is 7.63. The minimum atomic E-state index is -0.450. The molecule has 0 radical (unpaired) electrons. The average molecular weight is 283 g/mol. The Kier molecular flexibility index (Phi) is 6.15. The van der Waals surface area contributed by atoms with Crippen LogP contribution in [0.25, 0.3) is 0 Å². The number of aryl methyl sites for hydroxylation is 1. The Morgan fingerprint density at radius 1 is 1.47 bits per heavy atom. The van der Waals surface area contributed by atoms with E-state index in [-0.39, 0.29) is 5.96 Å². The summed E-state index contributed by atoms with van der Waals surface area (Å²) in [6, 6.07) is 4.94. The smallest absolute Gasteiger partial charge is 0.326 e. The van der Waals surface area contributed by atoms with Crippen LogP contribution >= 0.6 is 11.6 Å². The fourth-order valence-electron chi connectivity index (χ4n) is 1.45. The van der Waals surface area contributed by atoms with E-state index in [1.54, 1.807) is 6.07 Å². The number of hydrogen-bond acceptors (Lipinski definition) is 2. The van der Waals surface area contributed by atoms with Gasteiger partial charge in [0.2, 0.25) is 0 Å². The summed E-state index contributed by atoms with van der Waals surface area (Å²) in [5.41, 5.74) is 7.04. The zero-order valence-electron chi connectivity index (χ0n) is 11.2. The third-order valence-electron chi connectivity index (χ3n) is 2.50. The standard InChI is InChI=1S/C13H19ClN4O/c1-3-4-8-16-12(15)18-13(19)17-11-9(2)6-5-7-10(11)14/h5-7H,3-4,8H2,1-2H3,(H4,15,16,17,18,19). The van der Waals surface area contributed by atoms with Gasteiger partial charge in [-0.3, -0.25) is 10.3 Å². The molecule has 1 aromatic rings. The number of rotatable bonds is 4. The monoisotopic (exact) mass is 282 g/mol. The third-order valence-corrected chi connectivity index (χ3v) is 2.81. The SMILES string of the molecule is CCCCN=C(N)NC(=O)Nc1c(C)cccc1Cl. The number of nitrogens with two attached hydrogens (primary N) is 1. The van der Waals surface area contributed by atoms with Crippen LogP contribution in [-0.4, -0.2) is 18.5 Å². The highest BCUT2D eigenvalue weighted by Crippen LogP contribution is 2.24. The van der Waals surface area contributed by atoms with E-state index in [0.29, 0.717) is 17.3 Å². The van der Waals surface area contributed by atoms with E-state index in [9.17, 15) is 4.79 Å². The molecule has 0 saturated carbocycles. The second-order valence-electron chi connectivity index (χ2n) is 4.13. The van der Waals surface area contributed by atoms with Crippen molar-refractivity contribution in [2.75, 3.05) is 11.9 Å². The zero-order chi connectivity index (χ0) is 14.3. The molecule has 0 atom stereocenters. The van der Waals surface area contributed by atoms with Crippen LogP contribution in [0.1, 0.15) is 25.3 Å². The normalized spacial score (nSPS) is 11.2. The lowest BCUT2D eigenvalue weighted by Gasteiger charge is -2.10. The number of unbranched alkanes of at least 4 members (excludes halogenated alkanes) is 1. The van der Waals surface area contributed by atoms with Crippen molar-refractivity contribution in [2.45, 2.75) is 26.7 Å². The first-order valence-electron chi connectivity index (χ1n) is 6.17. The Bertz CT molecular complexity index is 453. The van der Waals surface area contributed by atoms with Crippen molar-refractivity contribution in [1.82, 2.24) is 5.32 Å². The molecule has 104 valence electrons. The number of aliphatic imine (C=N–C) groups is 1. The van der Waals surface area contributed by atoms with Gasteiger partial charge in [0.1, 0.15) is 0 Å². The Hall–Kier alpha value is -1.75. The van der Waals surface area contributed by atoms with Gasteiger partial charge < -0.3 is 11.1 Å². The van der Waals surface area contributed by atoms with E-state index < -0.39 is 6.03 Å². The van der Waals surface area contributed by atoms with Crippen molar-refractivity contribution < 1.29 is 4.79 Å². The number of carbonyl (C=O) groups is 1. The van der Waals surface area contributed by atoms with Crippen LogP contribution in [0.3, 0.4) is 0 Å². The lowest BCUT2D eigenvalue weighted by atomic mass is 10.2. The maximum Gasteiger partial charge on any atom is 0.326 e. The highest BCUT2D eigenvalue weighted by Gasteiger charge is 2.08. The number of anilines is 1. The Morgan fingerprint density at radius 2 is 2.21 bits per heavy atom. The van der Waals surface area contributed by atoms with Crippen molar-refractivity contribution in [3.8, 4) is 0 Å². The molecule has 0 fully saturated rings. The van der Waals surface area contributed by atoms with Crippen LogP contribution in [0, 0.1) is 6.92 Å². The van der Waals surface area contributed by atoms with Gasteiger partial charge in [-0.15, -0.1) is 0 Å². The molecule has 2 amide bonds. The predicted molar refractivity (Wildman–Crippen MR) is 79.7 cm³/mol. The quantitative estimate of drug-likeness (QED) is 0.451. The predicted octanol–water partition coefficient (Wildman–Crippen LogP) is 2.88. The van der Waals surface area contributed by atoms with Gasteiger partial charge in [0.25, 0.3) is 0 Å². The van der Waals surface area contributed by atoms with Crippen LogP contribution in [0.4, 0.5) is 10.5 Å². The summed E-state index contributed by atoms with van der Waals surface area (Å²) in [5.74, 6) is 0.107. The number of halogens is 1. The minimum absolute atomic E-state index is 0.107. The minimum Gasteiger partial charge on any atom is -0.370 e. The van der Waals surface area contributed by atoms with E-state index in [0.717, 1.165) is 18.4 Å². The molecule has 0 unspecified atom stereocenters. The molecule has 5 nitrogen and oxygen atoms in total. The summed E-state index contributed by atoms with van der Waals surface area (Å²) in [4.78, 5) is 15.7. The largest absolute Gasteiger partial charge is 0.370 e. The van der Waals surface area contributed by atoms with Gasteiger partial charge in [-0.2, -0.15) is 0 Å². The summed E-state index contributed by atoms with van der Waals surface area (Å²) in [6.45, 7) is 4.53. The Balaban J connectivity index is 2.58. The number of urea groups is 1. The lowest BCUT2D eigenvalue weighted by Crippen LogP contribution is -2.39. The number of para-hydroxylation sites is 1. The first-order chi connectivity index (χ1) is 9.04. The van der Waals surface area contributed by atoms with Crippen molar-refractivity contribution in [2.24, 2.45) is 10.7 Å². The molecule has 19 heavy (non-hydrogen) atoms. The molecule has 0 aliphatic heterocycles. The molecular formula is C13H19ClN4O.